The number of phenols is 1. The van der Waals surface area contributed by atoms with E-state index in [2.05, 4.69) is 5.32 Å². The lowest BCUT2D eigenvalue weighted by Gasteiger charge is -2.21. The number of aromatic hydroxyl groups is 1. The molecule has 26 heavy (non-hydrogen) atoms. The average Bonchev–Trinajstić information content (AvgIpc) is 2.61. The van der Waals surface area contributed by atoms with E-state index in [0.717, 1.165) is 11.1 Å². The molecule has 2 aromatic carbocycles. The molecule has 0 fully saturated rings. The topological polar surface area (TPSA) is 78.9 Å². The fourth-order valence-electron chi connectivity index (χ4n) is 2.42. The highest BCUT2D eigenvalue weighted by Gasteiger charge is 2.22. The van der Waals surface area contributed by atoms with Crippen LogP contribution in [0.5, 0.6) is 11.5 Å². The van der Waals surface area contributed by atoms with Crippen LogP contribution >= 0.6 is 0 Å². The second kappa shape index (κ2) is 8.53. The minimum atomic E-state index is -3.46. The van der Waals surface area contributed by atoms with Gasteiger partial charge in [0.05, 0.1) is 12.0 Å². The molecule has 2 N–H and O–H groups in total. The van der Waals surface area contributed by atoms with Crippen molar-refractivity contribution in [2.75, 3.05) is 14.2 Å². The van der Waals surface area contributed by atoms with Crippen molar-refractivity contribution in [2.24, 2.45) is 0 Å². The van der Waals surface area contributed by atoms with Crippen LogP contribution in [-0.2, 0) is 23.1 Å². The normalized spacial score (nSPS) is 11.9. The molecular weight excluding hydrogens is 352 g/mol. The first-order valence-electron chi connectivity index (χ1n) is 8.39. The quantitative estimate of drug-likeness (QED) is 0.738. The number of hydrogen-bond acceptors (Lipinski definition) is 5. The van der Waals surface area contributed by atoms with Crippen molar-refractivity contribution in [3.05, 3.63) is 53.6 Å². The second-order valence-corrected chi connectivity index (χ2v) is 8.37. The Kier molecular flexibility index (Phi) is 6.63. The first kappa shape index (κ1) is 20.2. The SMILES string of the molecule is COc1ccc(CNCc2ccc(S(=O)(=O)N(C)C(C)C)cc2)cc1O. The van der Waals surface area contributed by atoms with Crippen molar-refractivity contribution >= 4 is 10.0 Å². The number of nitrogens with one attached hydrogen (secondary N) is 1. The molecule has 0 saturated heterocycles. The lowest BCUT2D eigenvalue weighted by Crippen LogP contribution is -2.33. The minimum absolute atomic E-state index is 0.0951. The van der Waals surface area contributed by atoms with Crippen LogP contribution in [0.3, 0.4) is 0 Å². The Morgan fingerprint density at radius 2 is 1.65 bits per heavy atom. The second-order valence-electron chi connectivity index (χ2n) is 6.37. The number of nitrogens with zero attached hydrogens (tertiary/aromatic N) is 1. The zero-order chi connectivity index (χ0) is 19.3. The van der Waals surface area contributed by atoms with Crippen molar-refractivity contribution < 1.29 is 18.3 Å². The van der Waals surface area contributed by atoms with Gasteiger partial charge in [0.2, 0.25) is 10.0 Å². The van der Waals surface area contributed by atoms with Gasteiger partial charge in [-0.3, -0.25) is 0 Å². The zero-order valence-corrected chi connectivity index (χ0v) is 16.4. The molecule has 0 amide bonds. The van der Waals surface area contributed by atoms with Gasteiger partial charge in [0.1, 0.15) is 0 Å². The molecule has 142 valence electrons. The maximum Gasteiger partial charge on any atom is 0.243 e. The first-order chi connectivity index (χ1) is 12.3. The predicted octanol–water partition coefficient (Wildman–Crippen LogP) is 2.72. The van der Waals surface area contributed by atoms with Crippen molar-refractivity contribution in [2.45, 2.75) is 37.9 Å². The Labute approximate surface area is 155 Å². The highest BCUT2D eigenvalue weighted by atomic mass is 32.2. The first-order valence-corrected chi connectivity index (χ1v) is 9.83. The van der Waals surface area contributed by atoms with Gasteiger partial charge in [0.15, 0.2) is 11.5 Å². The molecule has 0 aliphatic rings. The molecule has 0 unspecified atom stereocenters. The molecule has 0 aromatic heterocycles. The molecular formula is C19H26N2O4S. The van der Waals surface area contributed by atoms with Gasteiger partial charge in [-0.2, -0.15) is 4.31 Å². The van der Waals surface area contributed by atoms with E-state index < -0.39 is 10.0 Å². The van der Waals surface area contributed by atoms with Gasteiger partial charge in [-0.05, 0) is 49.2 Å². The summed E-state index contributed by atoms with van der Waals surface area (Å²) < 4.78 is 31.3. The van der Waals surface area contributed by atoms with Crippen molar-refractivity contribution in [3.63, 3.8) is 0 Å². The summed E-state index contributed by atoms with van der Waals surface area (Å²) in [5.41, 5.74) is 1.91. The van der Waals surface area contributed by atoms with Crippen LogP contribution in [0.15, 0.2) is 47.4 Å². The lowest BCUT2D eigenvalue weighted by molar-refractivity contribution is 0.373. The number of hydrogen-bond donors (Lipinski definition) is 2. The summed E-state index contributed by atoms with van der Waals surface area (Å²) >= 11 is 0. The smallest absolute Gasteiger partial charge is 0.243 e. The van der Waals surface area contributed by atoms with Gasteiger partial charge in [-0.1, -0.05) is 18.2 Å². The summed E-state index contributed by atoms with van der Waals surface area (Å²) in [6, 6.07) is 12.0. The Morgan fingerprint density at radius 1 is 1.08 bits per heavy atom. The summed E-state index contributed by atoms with van der Waals surface area (Å²) in [6.07, 6.45) is 0. The molecule has 2 rings (SSSR count). The maximum atomic E-state index is 12.4. The van der Waals surface area contributed by atoms with Gasteiger partial charge in [0.25, 0.3) is 0 Å². The van der Waals surface area contributed by atoms with E-state index in [1.807, 2.05) is 19.9 Å². The monoisotopic (exact) mass is 378 g/mol. The Balaban J connectivity index is 1.96. The Hall–Kier alpha value is -2.09. The molecule has 0 spiro atoms. The van der Waals surface area contributed by atoms with Gasteiger partial charge >= 0.3 is 0 Å². The molecule has 0 saturated carbocycles. The molecule has 0 radical (unpaired) electrons. The van der Waals surface area contributed by atoms with Crippen LogP contribution in [0.4, 0.5) is 0 Å². The van der Waals surface area contributed by atoms with E-state index in [-0.39, 0.29) is 16.7 Å². The van der Waals surface area contributed by atoms with E-state index >= 15 is 0 Å². The number of methoxy groups -OCH3 is 1. The van der Waals surface area contributed by atoms with E-state index in [9.17, 15) is 13.5 Å². The number of rotatable bonds is 8. The Bertz CT molecular complexity index is 833. The van der Waals surface area contributed by atoms with Crippen LogP contribution < -0.4 is 10.1 Å². The number of sulfonamides is 1. The molecule has 6 nitrogen and oxygen atoms in total. The minimum Gasteiger partial charge on any atom is -0.504 e. The van der Waals surface area contributed by atoms with Crippen LogP contribution in [-0.4, -0.2) is 38.0 Å². The number of ether oxygens (including phenoxy) is 1. The highest BCUT2D eigenvalue weighted by molar-refractivity contribution is 7.89. The van der Waals surface area contributed by atoms with E-state index in [4.69, 9.17) is 4.74 Å². The summed E-state index contributed by atoms with van der Waals surface area (Å²) in [6.45, 7) is 4.85. The van der Waals surface area contributed by atoms with Crippen LogP contribution in [0.1, 0.15) is 25.0 Å². The van der Waals surface area contributed by atoms with Crippen molar-refractivity contribution in [3.8, 4) is 11.5 Å². The number of phenolic OH excluding ortho intramolecular Hbond substituents is 1. The molecule has 0 aliphatic heterocycles. The maximum absolute atomic E-state index is 12.4. The third-order valence-corrected chi connectivity index (χ3v) is 6.28. The fourth-order valence-corrected chi connectivity index (χ4v) is 3.79. The third-order valence-electron chi connectivity index (χ3n) is 4.23. The van der Waals surface area contributed by atoms with Gasteiger partial charge in [-0.25, -0.2) is 8.42 Å². The molecule has 0 heterocycles. The van der Waals surface area contributed by atoms with Crippen LogP contribution in [0.25, 0.3) is 0 Å². The lowest BCUT2D eigenvalue weighted by atomic mass is 10.2. The molecule has 0 bridgehead atoms. The van der Waals surface area contributed by atoms with Gasteiger partial charge in [-0.15, -0.1) is 0 Å². The van der Waals surface area contributed by atoms with Gasteiger partial charge < -0.3 is 15.2 Å². The summed E-state index contributed by atoms with van der Waals surface area (Å²) in [5, 5.41) is 13.1. The van der Waals surface area contributed by atoms with Crippen molar-refractivity contribution in [1.82, 2.24) is 9.62 Å². The largest absolute Gasteiger partial charge is 0.504 e. The fraction of sp³-hybridized carbons (Fsp3) is 0.368. The average molecular weight is 378 g/mol. The molecule has 7 heteroatoms. The van der Waals surface area contributed by atoms with E-state index in [0.29, 0.717) is 18.8 Å². The molecule has 0 atom stereocenters. The Morgan fingerprint density at radius 3 is 2.19 bits per heavy atom. The highest BCUT2D eigenvalue weighted by Crippen LogP contribution is 2.26. The molecule has 2 aromatic rings. The van der Waals surface area contributed by atoms with Gasteiger partial charge in [0, 0.05) is 26.2 Å². The van der Waals surface area contributed by atoms with E-state index in [1.54, 1.807) is 43.4 Å². The summed E-state index contributed by atoms with van der Waals surface area (Å²) in [5.74, 6) is 0.549. The third kappa shape index (κ3) is 4.75. The summed E-state index contributed by atoms with van der Waals surface area (Å²) in [7, 11) is -0.364. The molecule has 0 aliphatic carbocycles. The van der Waals surface area contributed by atoms with E-state index in [1.165, 1.54) is 11.4 Å². The number of benzene rings is 2. The zero-order valence-electron chi connectivity index (χ0n) is 15.6. The standard InChI is InChI=1S/C19H26N2O4S/c1-14(2)21(3)26(23,24)17-8-5-15(6-9-17)12-20-13-16-7-10-19(25-4)18(22)11-16/h5-11,14,20,22H,12-13H2,1-4H3. The van der Waals surface area contributed by atoms with Crippen LogP contribution in [0.2, 0.25) is 0 Å². The van der Waals surface area contributed by atoms with Crippen molar-refractivity contribution in [1.29, 1.82) is 0 Å². The predicted molar refractivity (Wildman–Crippen MR) is 102 cm³/mol. The van der Waals surface area contributed by atoms with Crippen LogP contribution in [0, 0.1) is 0 Å². The summed E-state index contributed by atoms with van der Waals surface area (Å²) in [4.78, 5) is 0.289.